The van der Waals surface area contributed by atoms with Gasteiger partial charge in [-0.3, -0.25) is 4.79 Å². The summed E-state index contributed by atoms with van der Waals surface area (Å²) in [5, 5.41) is 13.8. The number of H-pyrrole nitrogens is 1. The van der Waals surface area contributed by atoms with Crippen molar-refractivity contribution < 1.29 is 14.6 Å². The summed E-state index contributed by atoms with van der Waals surface area (Å²) in [7, 11) is 1.67. The van der Waals surface area contributed by atoms with Gasteiger partial charge in [-0.25, -0.2) is 4.79 Å². The Kier molecular flexibility index (Phi) is 5.86. The first-order valence-corrected chi connectivity index (χ1v) is 13.2. The van der Waals surface area contributed by atoms with Gasteiger partial charge in [-0.15, -0.1) is 11.3 Å². The number of benzene rings is 2. The first-order chi connectivity index (χ1) is 17.1. The summed E-state index contributed by atoms with van der Waals surface area (Å²) in [6.45, 7) is 8.30. The molecular weight excluding hydrogens is 472 g/mol. The first kappa shape index (κ1) is 24.4. The standard InChI is InChI=1S/C29H32N2O4S/c1-17-15-21(35-5)22(23-20-11-14-36-25(20)26(32)30-24(17)23)18-7-9-19(10-8-18)29(12-6-13-29)16-31(27(33)34)28(2,3)4/h7-11,14-15H,6,12-13,16H2,1-5H3,(H,30,32)(H,33,34). The Balaban J connectivity index is 1.64. The van der Waals surface area contributed by atoms with Crippen LogP contribution in [0.1, 0.15) is 51.2 Å². The number of hydrogen-bond acceptors (Lipinski definition) is 4. The average Bonchev–Trinajstić information content (AvgIpc) is 3.29. The second-order valence-electron chi connectivity index (χ2n) is 10.9. The van der Waals surface area contributed by atoms with Crippen molar-refractivity contribution in [2.45, 2.75) is 57.9 Å². The summed E-state index contributed by atoms with van der Waals surface area (Å²) in [5.74, 6) is 0.760. The van der Waals surface area contributed by atoms with Crippen LogP contribution in [0.5, 0.6) is 5.75 Å². The molecule has 2 aromatic carbocycles. The van der Waals surface area contributed by atoms with Gasteiger partial charge in [0.05, 0.1) is 12.6 Å². The average molecular weight is 505 g/mol. The van der Waals surface area contributed by atoms with E-state index in [0.717, 1.165) is 63.6 Å². The lowest BCUT2D eigenvalue weighted by molar-refractivity contribution is 0.0628. The summed E-state index contributed by atoms with van der Waals surface area (Å²) < 4.78 is 6.54. The highest BCUT2D eigenvalue weighted by atomic mass is 32.1. The monoisotopic (exact) mass is 504 g/mol. The number of rotatable bonds is 5. The molecule has 2 heterocycles. The van der Waals surface area contributed by atoms with Crippen LogP contribution in [0.3, 0.4) is 0 Å². The van der Waals surface area contributed by atoms with E-state index in [1.807, 2.05) is 45.2 Å². The molecule has 5 rings (SSSR count). The minimum atomic E-state index is -0.880. The van der Waals surface area contributed by atoms with E-state index < -0.39 is 11.6 Å². The molecule has 0 atom stereocenters. The van der Waals surface area contributed by atoms with Crippen LogP contribution in [-0.2, 0) is 5.41 Å². The third kappa shape index (κ3) is 3.86. The van der Waals surface area contributed by atoms with Crippen LogP contribution in [0.4, 0.5) is 4.79 Å². The first-order valence-electron chi connectivity index (χ1n) is 12.3. The Morgan fingerprint density at radius 2 is 1.89 bits per heavy atom. The molecule has 188 valence electrons. The Morgan fingerprint density at radius 3 is 2.44 bits per heavy atom. The van der Waals surface area contributed by atoms with Crippen LogP contribution in [0, 0.1) is 6.92 Å². The minimum Gasteiger partial charge on any atom is -0.496 e. The zero-order valence-corrected chi connectivity index (χ0v) is 22.2. The van der Waals surface area contributed by atoms with E-state index in [1.54, 1.807) is 12.0 Å². The van der Waals surface area contributed by atoms with Crippen molar-refractivity contribution in [2.75, 3.05) is 13.7 Å². The number of carboxylic acid groups (broad SMARTS) is 1. The van der Waals surface area contributed by atoms with Crippen molar-refractivity contribution in [3.8, 4) is 16.9 Å². The number of pyridine rings is 1. The zero-order chi connectivity index (χ0) is 25.8. The third-order valence-corrected chi connectivity index (χ3v) is 8.60. The summed E-state index contributed by atoms with van der Waals surface area (Å²) in [6.07, 6.45) is 2.16. The van der Waals surface area contributed by atoms with Gasteiger partial charge in [-0.2, -0.15) is 0 Å². The molecule has 0 bridgehead atoms. The van der Waals surface area contributed by atoms with Gasteiger partial charge in [0.25, 0.3) is 5.56 Å². The summed E-state index contributed by atoms with van der Waals surface area (Å²) >= 11 is 1.44. The van der Waals surface area contributed by atoms with Crippen molar-refractivity contribution in [3.63, 3.8) is 0 Å². The molecule has 7 heteroatoms. The fraction of sp³-hybridized carbons (Fsp3) is 0.379. The van der Waals surface area contributed by atoms with E-state index in [9.17, 15) is 14.7 Å². The highest BCUT2D eigenvalue weighted by molar-refractivity contribution is 7.17. The van der Waals surface area contributed by atoms with Crippen LogP contribution >= 0.6 is 11.3 Å². The van der Waals surface area contributed by atoms with E-state index in [2.05, 4.69) is 29.2 Å². The second-order valence-corrected chi connectivity index (χ2v) is 11.8. The number of aromatic nitrogens is 1. The number of amides is 1. The quantitative estimate of drug-likeness (QED) is 0.309. The molecule has 1 aliphatic carbocycles. The number of carbonyl (C=O) groups is 1. The highest BCUT2D eigenvalue weighted by Gasteiger charge is 2.43. The Bertz CT molecular complexity index is 1520. The van der Waals surface area contributed by atoms with Crippen molar-refractivity contribution >= 4 is 38.4 Å². The SMILES string of the molecule is COc1cc(C)c2[nH]c(=O)c3sccc3c2c1-c1ccc(C2(CN(C(=O)O)C(C)(C)C)CCC2)cc1. The Morgan fingerprint density at radius 1 is 1.19 bits per heavy atom. The molecule has 36 heavy (non-hydrogen) atoms. The fourth-order valence-electron chi connectivity index (χ4n) is 5.54. The molecule has 0 unspecified atom stereocenters. The molecule has 4 aromatic rings. The van der Waals surface area contributed by atoms with Crippen LogP contribution in [-0.4, -0.2) is 40.3 Å². The maximum Gasteiger partial charge on any atom is 0.407 e. The lowest BCUT2D eigenvalue weighted by atomic mass is 9.63. The molecule has 0 saturated heterocycles. The summed E-state index contributed by atoms with van der Waals surface area (Å²) in [5.41, 5.74) is 4.18. The Hall–Kier alpha value is -3.32. The number of fused-ring (bicyclic) bond motifs is 3. The molecule has 0 aliphatic heterocycles. The summed E-state index contributed by atoms with van der Waals surface area (Å²) in [6, 6.07) is 12.5. The van der Waals surface area contributed by atoms with Gasteiger partial charge >= 0.3 is 6.09 Å². The van der Waals surface area contributed by atoms with Gasteiger partial charge in [0.2, 0.25) is 0 Å². The largest absolute Gasteiger partial charge is 0.496 e. The normalized spacial score (nSPS) is 15.1. The number of methoxy groups -OCH3 is 1. The number of aromatic amines is 1. The molecule has 1 saturated carbocycles. The predicted octanol–water partition coefficient (Wildman–Crippen LogP) is 6.93. The van der Waals surface area contributed by atoms with Gasteiger partial charge in [0.1, 0.15) is 10.4 Å². The molecule has 1 amide bonds. The lowest BCUT2D eigenvalue weighted by Crippen LogP contribution is -2.54. The maximum atomic E-state index is 12.7. The van der Waals surface area contributed by atoms with Crippen molar-refractivity contribution in [1.82, 2.24) is 9.88 Å². The van der Waals surface area contributed by atoms with Crippen molar-refractivity contribution in [2.24, 2.45) is 0 Å². The van der Waals surface area contributed by atoms with Crippen LogP contribution < -0.4 is 10.3 Å². The van der Waals surface area contributed by atoms with Crippen LogP contribution in [0.15, 0.2) is 46.6 Å². The second kappa shape index (κ2) is 8.66. The van der Waals surface area contributed by atoms with Gasteiger partial charge in [-0.1, -0.05) is 30.7 Å². The summed E-state index contributed by atoms with van der Waals surface area (Å²) in [4.78, 5) is 29.4. The lowest BCUT2D eigenvalue weighted by Gasteiger charge is -2.48. The van der Waals surface area contributed by atoms with Crippen LogP contribution in [0.2, 0.25) is 0 Å². The molecule has 2 aromatic heterocycles. The number of hydrogen-bond donors (Lipinski definition) is 2. The highest BCUT2D eigenvalue weighted by Crippen LogP contribution is 2.47. The molecule has 1 fully saturated rings. The molecule has 0 radical (unpaired) electrons. The van der Waals surface area contributed by atoms with Gasteiger partial charge < -0.3 is 19.7 Å². The van der Waals surface area contributed by atoms with Crippen molar-refractivity contribution in [1.29, 1.82) is 0 Å². The molecule has 2 N–H and O–H groups in total. The van der Waals surface area contributed by atoms with E-state index in [1.165, 1.54) is 11.3 Å². The van der Waals surface area contributed by atoms with E-state index in [4.69, 9.17) is 4.74 Å². The van der Waals surface area contributed by atoms with E-state index in [-0.39, 0.29) is 11.0 Å². The maximum absolute atomic E-state index is 12.7. The van der Waals surface area contributed by atoms with Gasteiger partial charge in [-0.05, 0) is 74.7 Å². The molecular formula is C29H32N2O4S. The fourth-order valence-corrected chi connectivity index (χ4v) is 6.34. The van der Waals surface area contributed by atoms with E-state index >= 15 is 0 Å². The molecule has 0 spiro atoms. The molecule has 6 nitrogen and oxygen atoms in total. The van der Waals surface area contributed by atoms with Gasteiger partial charge in [0.15, 0.2) is 0 Å². The number of nitrogens with zero attached hydrogens (tertiary/aromatic N) is 1. The van der Waals surface area contributed by atoms with E-state index in [0.29, 0.717) is 11.2 Å². The van der Waals surface area contributed by atoms with Gasteiger partial charge in [0, 0.05) is 33.8 Å². The number of aryl methyl sites for hydroxylation is 1. The number of ether oxygens (including phenoxy) is 1. The minimum absolute atomic E-state index is 0.0733. The Labute approximate surface area is 214 Å². The topological polar surface area (TPSA) is 82.6 Å². The molecule has 1 aliphatic rings. The van der Waals surface area contributed by atoms with Crippen LogP contribution in [0.25, 0.3) is 32.1 Å². The smallest absolute Gasteiger partial charge is 0.407 e. The van der Waals surface area contributed by atoms with Crippen molar-refractivity contribution in [3.05, 3.63) is 63.3 Å². The zero-order valence-electron chi connectivity index (χ0n) is 21.4. The number of nitrogens with one attached hydrogen (secondary N) is 1. The number of thiophene rings is 1. The predicted molar refractivity (Wildman–Crippen MR) is 147 cm³/mol. The third-order valence-electron chi connectivity index (χ3n) is 7.69.